The van der Waals surface area contributed by atoms with Crippen LogP contribution >= 0.6 is 11.6 Å². The fourth-order valence-electron chi connectivity index (χ4n) is 1.43. The number of hydrazine groups is 1. The third kappa shape index (κ3) is 5.00. The highest BCUT2D eigenvalue weighted by molar-refractivity contribution is 6.30. The van der Waals surface area contributed by atoms with E-state index in [1.807, 2.05) is 13.8 Å². The molecule has 1 atom stereocenters. The lowest BCUT2D eigenvalue weighted by Gasteiger charge is -2.18. The van der Waals surface area contributed by atoms with E-state index in [2.05, 4.69) is 5.43 Å². The Kier molecular flexibility index (Phi) is 5.85. The van der Waals surface area contributed by atoms with E-state index in [0.717, 1.165) is 5.56 Å². The number of benzene rings is 1. The van der Waals surface area contributed by atoms with E-state index in [4.69, 9.17) is 22.2 Å². The van der Waals surface area contributed by atoms with Crippen LogP contribution in [0.3, 0.4) is 0 Å². The molecule has 0 aromatic heterocycles. The highest BCUT2D eigenvalue weighted by atomic mass is 35.5. The van der Waals surface area contributed by atoms with Gasteiger partial charge in [-0.05, 0) is 38.0 Å². The van der Waals surface area contributed by atoms with Crippen LogP contribution in [0.5, 0.6) is 0 Å². The maximum absolute atomic E-state index is 13.0. The molecule has 0 saturated heterocycles. The van der Waals surface area contributed by atoms with Crippen LogP contribution in [0.2, 0.25) is 5.02 Å². The third-order valence-electron chi connectivity index (χ3n) is 2.33. The molecule has 0 aliphatic rings. The van der Waals surface area contributed by atoms with Gasteiger partial charge in [-0.1, -0.05) is 17.7 Å². The monoisotopic (exact) mass is 260 g/mol. The van der Waals surface area contributed by atoms with Crippen molar-refractivity contribution in [2.75, 3.05) is 6.61 Å². The maximum Gasteiger partial charge on any atom is 0.141 e. The van der Waals surface area contributed by atoms with Crippen molar-refractivity contribution in [3.63, 3.8) is 0 Å². The molecular formula is C12H18ClFN2O. The van der Waals surface area contributed by atoms with Gasteiger partial charge >= 0.3 is 0 Å². The summed E-state index contributed by atoms with van der Waals surface area (Å²) in [4.78, 5) is 0. The zero-order chi connectivity index (χ0) is 12.8. The fourth-order valence-corrected chi connectivity index (χ4v) is 1.63. The van der Waals surface area contributed by atoms with E-state index >= 15 is 0 Å². The second-order valence-electron chi connectivity index (χ2n) is 4.20. The normalized spacial score (nSPS) is 13.1. The van der Waals surface area contributed by atoms with Crippen molar-refractivity contribution >= 4 is 11.6 Å². The molecule has 1 unspecified atom stereocenters. The van der Waals surface area contributed by atoms with Crippen LogP contribution in [0.25, 0.3) is 0 Å². The van der Waals surface area contributed by atoms with Gasteiger partial charge in [-0.2, -0.15) is 0 Å². The van der Waals surface area contributed by atoms with Gasteiger partial charge in [-0.25, -0.2) is 4.39 Å². The number of halogens is 2. The average Bonchev–Trinajstić information content (AvgIpc) is 2.28. The Labute approximate surface area is 106 Å². The number of nitrogens with two attached hydrogens (primary N) is 1. The minimum atomic E-state index is -0.411. The molecule has 96 valence electrons. The Morgan fingerprint density at radius 2 is 2.18 bits per heavy atom. The molecule has 0 radical (unpaired) electrons. The Morgan fingerprint density at radius 3 is 2.71 bits per heavy atom. The molecule has 0 heterocycles. The first-order valence-electron chi connectivity index (χ1n) is 5.54. The molecule has 17 heavy (non-hydrogen) atoms. The van der Waals surface area contributed by atoms with Gasteiger partial charge in [0.1, 0.15) is 5.82 Å². The zero-order valence-electron chi connectivity index (χ0n) is 10.0. The Hall–Kier alpha value is -0.680. The average molecular weight is 261 g/mol. The van der Waals surface area contributed by atoms with Gasteiger partial charge in [0.05, 0.1) is 17.7 Å². The van der Waals surface area contributed by atoms with Gasteiger partial charge < -0.3 is 4.74 Å². The second kappa shape index (κ2) is 6.91. The molecule has 1 rings (SSSR count). The van der Waals surface area contributed by atoms with Gasteiger partial charge in [0.15, 0.2) is 0 Å². The largest absolute Gasteiger partial charge is 0.377 e. The van der Waals surface area contributed by atoms with Crippen LogP contribution in [-0.2, 0) is 11.2 Å². The number of ether oxygens (including phenoxy) is 1. The predicted molar refractivity (Wildman–Crippen MR) is 67.3 cm³/mol. The molecule has 0 bridgehead atoms. The number of rotatable bonds is 6. The Morgan fingerprint density at radius 1 is 1.47 bits per heavy atom. The van der Waals surface area contributed by atoms with Crippen molar-refractivity contribution in [3.8, 4) is 0 Å². The van der Waals surface area contributed by atoms with Crippen molar-refractivity contribution in [1.82, 2.24) is 5.43 Å². The molecule has 5 heteroatoms. The number of hydrogen-bond acceptors (Lipinski definition) is 3. The van der Waals surface area contributed by atoms with Gasteiger partial charge in [-0.3, -0.25) is 11.3 Å². The summed E-state index contributed by atoms with van der Waals surface area (Å²) in [5, 5.41) is 0.128. The van der Waals surface area contributed by atoms with Gasteiger partial charge in [0.25, 0.3) is 0 Å². The van der Waals surface area contributed by atoms with Crippen LogP contribution in [-0.4, -0.2) is 18.8 Å². The molecule has 0 saturated carbocycles. The topological polar surface area (TPSA) is 47.3 Å². The molecule has 3 N–H and O–H groups in total. The second-order valence-corrected chi connectivity index (χ2v) is 4.61. The summed E-state index contributed by atoms with van der Waals surface area (Å²) in [7, 11) is 0. The fraction of sp³-hybridized carbons (Fsp3) is 0.500. The van der Waals surface area contributed by atoms with Crippen LogP contribution in [0, 0.1) is 5.82 Å². The van der Waals surface area contributed by atoms with E-state index in [1.165, 1.54) is 6.07 Å². The van der Waals surface area contributed by atoms with Gasteiger partial charge in [0.2, 0.25) is 0 Å². The highest BCUT2D eigenvalue weighted by Crippen LogP contribution is 2.17. The minimum Gasteiger partial charge on any atom is -0.377 e. The molecule has 0 fully saturated rings. The van der Waals surface area contributed by atoms with Crippen LogP contribution in [0.4, 0.5) is 4.39 Å². The standard InChI is InChI=1S/C12H18ClFN2O/c1-8(2)17-7-10(16-15)5-9-3-4-12(14)11(13)6-9/h3-4,6,8,10,16H,5,7,15H2,1-2H3. The first-order valence-corrected chi connectivity index (χ1v) is 5.92. The summed E-state index contributed by atoms with van der Waals surface area (Å²) >= 11 is 5.71. The third-order valence-corrected chi connectivity index (χ3v) is 2.62. The van der Waals surface area contributed by atoms with Crippen molar-refractivity contribution in [1.29, 1.82) is 0 Å². The molecular weight excluding hydrogens is 243 g/mol. The molecule has 1 aromatic rings. The summed E-state index contributed by atoms with van der Waals surface area (Å²) in [6.07, 6.45) is 0.797. The predicted octanol–water partition coefficient (Wildman–Crippen LogP) is 2.28. The van der Waals surface area contributed by atoms with Crippen LogP contribution < -0.4 is 11.3 Å². The molecule has 0 amide bonds. The summed E-state index contributed by atoms with van der Waals surface area (Å²) in [5.74, 6) is 5.03. The molecule has 0 aliphatic heterocycles. The van der Waals surface area contributed by atoms with Crippen molar-refractivity contribution in [2.45, 2.75) is 32.4 Å². The first kappa shape index (κ1) is 14.4. The van der Waals surface area contributed by atoms with E-state index in [9.17, 15) is 4.39 Å². The SMILES string of the molecule is CC(C)OCC(Cc1ccc(F)c(Cl)c1)NN. The number of nitrogens with one attached hydrogen (secondary N) is 1. The quantitative estimate of drug-likeness (QED) is 0.609. The maximum atomic E-state index is 13.0. The summed E-state index contributed by atoms with van der Waals surface area (Å²) in [5.41, 5.74) is 3.60. The smallest absolute Gasteiger partial charge is 0.141 e. The lowest BCUT2D eigenvalue weighted by molar-refractivity contribution is 0.0613. The molecule has 1 aromatic carbocycles. The summed E-state index contributed by atoms with van der Waals surface area (Å²) in [6, 6.07) is 4.64. The molecule has 3 nitrogen and oxygen atoms in total. The lowest BCUT2D eigenvalue weighted by atomic mass is 10.1. The lowest BCUT2D eigenvalue weighted by Crippen LogP contribution is -2.40. The first-order chi connectivity index (χ1) is 8.02. The minimum absolute atomic E-state index is 0.0149. The molecule has 0 aliphatic carbocycles. The van der Waals surface area contributed by atoms with Gasteiger partial charge in [-0.15, -0.1) is 0 Å². The van der Waals surface area contributed by atoms with E-state index in [0.29, 0.717) is 13.0 Å². The van der Waals surface area contributed by atoms with Crippen molar-refractivity contribution in [2.24, 2.45) is 5.84 Å². The highest BCUT2D eigenvalue weighted by Gasteiger charge is 2.10. The van der Waals surface area contributed by atoms with Crippen molar-refractivity contribution in [3.05, 3.63) is 34.6 Å². The summed E-state index contributed by atoms with van der Waals surface area (Å²) < 4.78 is 18.4. The Balaban J connectivity index is 2.57. The van der Waals surface area contributed by atoms with Crippen molar-refractivity contribution < 1.29 is 9.13 Å². The van der Waals surface area contributed by atoms with E-state index in [1.54, 1.807) is 12.1 Å². The zero-order valence-corrected chi connectivity index (χ0v) is 10.8. The Bertz CT molecular complexity index is 360. The van der Waals surface area contributed by atoms with E-state index in [-0.39, 0.29) is 17.2 Å². The van der Waals surface area contributed by atoms with Crippen LogP contribution in [0.1, 0.15) is 19.4 Å². The van der Waals surface area contributed by atoms with Gasteiger partial charge in [0, 0.05) is 6.04 Å². The summed E-state index contributed by atoms with van der Waals surface area (Å²) in [6.45, 7) is 4.42. The van der Waals surface area contributed by atoms with E-state index < -0.39 is 5.82 Å². The molecule has 0 spiro atoms. The number of hydrogen-bond donors (Lipinski definition) is 2. The van der Waals surface area contributed by atoms with Crippen LogP contribution in [0.15, 0.2) is 18.2 Å².